The van der Waals surface area contributed by atoms with Crippen molar-refractivity contribution in [1.29, 1.82) is 0 Å². The number of hydrogen-bond donors (Lipinski definition) is 1. The highest BCUT2D eigenvalue weighted by molar-refractivity contribution is 6.30. The van der Waals surface area contributed by atoms with E-state index in [2.05, 4.69) is 0 Å². The van der Waals surface area contributed by atoms with Crippen molar-refractivity contribution in [3.8, 4) is 0 Å². The number of carbonyl (C=O) groups is 2. The summed E-state index contributed by atoms with van der Waals surface area (Å²) in [5.74, 6) is -0.797. The number of aliphatic hydroxyl groups is 1. The van der Waals surface area contributed by atoms with Gasteiger partial charge in [-0.1, -0.05) is 54.1 Å². The van der Waals surface area contributed by atoms with Gasteiger partial charge in [0.2, 0.25) is 0 Å². The Morgan fingerprint density at radius 2 is 1.66 bits per heavy atom. The highest BCUT2D eigenvalue weighted by atomic mass is 35.5. The molecule has 1 aliphatic heterocycles. The minimum atomic E-state index is -1.89. The third-order valence-corrected chi connectivity index (χ3v) is 5.66. The number of benzene rings is 3. The molecular formula is C24H20ClNO3. The molecule has 0 saturated carbocycles. The van der Waals surface area contributed by atoms with E-state index in [1.807, 2.05) is 37.3 Å². The van der Waals surface area contributed by atoms with Gasteiger partial charge in [-0.15, -0.1) is 0 Å². The topological polar surface area (TPSA) is 57.6 Å². The van der Waals surface area contributed by atoms with Gasteiger partial charge in [-0.3, -0.25) is 9.59 Å². The van der Waals surface area contributed by atoms with Crippen LogP contribution < -0.4 is 4.90 Å². The fourth-order valence-electron chi connectivity index (χ4n) is 3.76. The number of rotatable bonds is 5. The fraction of sp³-hybridized carbons (Fsp3) is 0.167. The fourth-order valence-corrected chi connectivity index (χ4v) is 3.89. The number of nitrogens with zero attached hydrogens (tertiary/aromatic N) is 1. The summed E-state index contributed by atoms with van der Waals surface area (Å²) in [6.45, 7) is 2.32. The zero-order valence-electron chi connectivity index (χ0n) is 15.9. The van der Waals surface area contributed by atoms with E-state index in [0.29, 0.717) is 28.4 Å². The highest BCUT2D eigenvalue weighted by Crippen LogP contribution is 2.43. The van der Waals surface area contributed by atoms with Gasteiger partial charge in [0.05, 0.1) is 18.7 Å². The number of para-hydroxylation sites is 1. The summed E-state index contributed by atoms with van der Waals surface area (Å²) >= 11 is 5.89. The van der Waals surface area contributed by atoms with E-state index in [1.165, 1.54) is 0 Å². The average Bonchev–Trinajstić information content (AvgIpc) is 2.92. The summed E-state index contributed by atoms with van der Waals surface area (Å²) in [4.78, 5) is 27.7. The van der Waals surface area contributed by atoms with Crippen LogP contribution in [-0.4, -0.2) is 16.8 Å². The first-order valence-electron chi connectivity index (χ1n) is 9.37. The second kappa shape index (κ2) is 7.47. The molecule has 0 fully saturated rings. The molecule has 1 heterocycles. The number of anilines is 1. The van der Waals surface area contributed by atoms with Crippen molar-refractivity contribution in [3.05, 3.63) is 100 Å². The Balaban J connectivity index is 1.69. The number of fused-ring (bicyclic) bond motifs is 1. The van der Waals surface area contributed by atoms with Crippen molar-refractivity contribution in [2.75, 3.05) is 4.90 Å². The molecule has 5 heteroatoms. The molecule has 0 aliphatic carbocycles. The maximum absolute atomic E-state index is 13.3. The van der Waals surface area contributed by atoms with E-state index in [1.54, 1.807) is 47.4 Å². The standard InChI is InChI=1S/C24H20ClNO3/c1-16-6-2-3-7-18(16)15-26-21-9-5-4-8-20(21)24(29,23(26)28)14-22(27)17-10-12-19(25)13-11-17/h2-13,29H,14-15H2,1H3. The quantitative estimate of drug-likeness (QED) is 0.628. The lowest BCUT2D eigenvalue weighted by Gasteiger charge is -2.23. The molecule has 1 amide bonds. The first-order valence-corrected chi connectivity index (χ1v) is 9.75. The van der Waals surface area contributed by atoms with Crippen LogP contribution >= 0.6 is 11.6 Å². The van der Waals surface area contributed by atoms with Crippen molar-refractivity contribution in [2.24, 2.45) is 0 Å². The molecule has 0 radical (unpaired) electrons. The first kappa shape index (κ1) is 19.4. The molecule has 1 unspecified atom stereocenters. The predicted molar refractivity (Wildman–Crippen MR) is 113 cm³/mol. The van der Waals surface area contributed by atoms with Crippen molar-refractivity contribution < 1.29 is 14.7 Å². The van der Waals surface area contributed by atoms with Gasteiger partial charge in [0.25, 0.3) is 5.91 Å². The molecule has 29 heavy (non-hydrogen) atoms. The monoisotopic (exact) mass is 405 g/mol. The molecule has 0 bridgehead atoms. The number of carbonyl (C=O) groups excluding carboxylic acids is 2. The molecule has 0 aromatic heterocycles. The lowest BCUT2D eigenvalue weighted by molar-refractivity contribution is -0.136. The van der Waals surface area contributed by atoms with Crippen LogP contribution in [0.5, 0.6) is 0 Å². The van der Waals surface area contributed by atoms with Crippen molar-refractivity contribution in [1.82, 2.24) is 0 Å². The predicted octanol–water partition coefficient (Wildman–Crippen LogP) is 4.66. The van der Waals surface area contributed by atoms with Crippen molar-refractivity contribution >= 4 is 29.0 Å². The Morgan fingerprint density at radius 1 is 1.00 bits per heavy atom. The smallest absolute Gasteiger partial charge is 0.264 e. The lowest BCUT2D eigenvalue weighted by Crippen LogP contribution is -2.41. The van der Waals surface area contributed by atoms with E-state index in [9.17, 15) is 14.7 Å². The minimum absolute atomic E-state index is 0.315. The number of halogens is 1. The number of amides is 1. The SMILES string of the molecule is Cc1ccccc1CN1C(=O)C(O)(CC(=O)c2ccc(Cl)cc2)c2ccccc21. The third kappa shape index (κ3) is 3.46. The van der Waals surface area contributed by atoms with Crippen LogP contribution in [0.15, 0.2) is 72.8 Å². The van der Waals surface area contributed by atoms with Crippen LogP contribution in [0.1, 0.15) is 33.5 Å². The van der Waals surface area contributed by atoms with Gasteiger partial charge in [0.15, 0.2) is 11.4 Å². The third-order valence-electron chi connectivity index (χ3n) is 5.41. The van der Waals surface area contributed by atoms with E-state index >= 15 is 0 Å². The number of aryl methyl sites for hydroxylation is 1. The van der Waals surface area contributed by atoms with Gasteiger partial charge >= 0.3 is 0 Å². The molecule has 1 N–H and O–H groups in total. The summed E-state index contributed by atoms with van der Waals surface area (Å²) < 4.78 is 0. The van der Waals surface area contributed by atoms with E-state index < -0.39 is 11.5 Å². The summed E-state index contributed by atoms with van der Waals surface area (Å²) in [6.07, 6.45) is -0.325. The van der Waals surface area contributed by atoms with Crippen LogP contribution in [0.25, 0.3) is 0 Å². The maximum Gasteiger partial charge on any atom is 0.264 e. The van der Waals surface area contributed by atoms with E-state index in [4.69, 9.17) is 11.6 Å². The average molecular weight is 406 g/mol. The largest absolute Gasteiger partial charge is 0.375 e. The number of hydrogen-bond acceptors (Lipinski definition) is 3. The van der Waals surface area contributed by atoms with E-state index in [-0.39, 0.29) is 12.2 Å². The Bertz CT molecular complexity index is 1090. The van der Waals surface area contributed by atoms with Crippen LogP contribution in [0.2, 0.25) is 5.02 Å². The molecule has 4 nitrogen and oxygen atoms in total. The zero-order chi connectivity index (χ0) is 20.6. The molecule has 0 saturated heterocycles. The van der Waals surface area contributed by atoms with Gasteiger partial charge in [-0.25, -0.2) is 0 Å². The second-order valence-electron chi connectivity index (χ2n) is 7.30. The van der Waals surface area contributed by atoms with Crippen molar-refractivity contribution in [2.45, 2.75) is 25.5 Å². The normalized spacial score (nSPS) is 18.0. The second-order valence-corrected chi connectivity index (χ2v) is 7.74. The summed E-state index contributed by atoms with van der Waals surface area (Å²) in [7, 11) is 0. The Hall–Kier alpha value is -2.95. The van der Waals surface area contributed by atoms with Gasteiger partial charge in [0.1, 0.15) is 0 Å². The van der Waals surface area contributed by atoms with Crippen molar-refractivity contribution in [3.63, 3.8) is 0 Å². The van der Waals surface area contributed by atoms with Gasteiger partial charge < -0.3 is 10.0 Å². The zero-order valence-corrected chi connectivity index (χ0v) is 16.7. The highest BCUT2D eigenvalue weighted by Gasteiger charge is 2.50. The Kier molecular flexibility index (Phi) is 4.99. The molecule has 1 aliphatic rings. The molecule has 3 aromatic rings. The molecule has 4 rings (SSSR count). The lowest BCUT2D eigenvalue weighted by atomic mass is 9.88. The van der Waals surface area contributed by atoms with Crippen LogP contribution in [0, 0.1) is 6.92 Å². The number of Topliss-reactive ketones (excluding diaryl/α,β-unsaturated/α-hetero) is 1. The van der Waals surface area contributed by atoms with Crippen LogP contribution in [-0.2, 0) is 16.9 Å². The maximum atomic E-state index is 13.3. The summed E-state index contributed by atoms with van der Waals surface area (Å²) in [6, 6.07) is 21.3. The van der Waals surface area contributed by atoms with Crippen LogP contribution in [0.4, 0.5) is 5.69 Å². The number of ketones is 1. The van der Waals surface area contributed by atoms with Gasteiger partial charge in [-0.05, 0) is 48.4 Å². The van der Waals surface area contributed by atoms with Gasteiger partial charge in [0, 0.05) is 16.1 Å². The molecule has 3 aromatic carbocycles. The molecule has 0 spiro atoms. The summed E-state index contributed by atoms with van der Waals surface area (Å²) in [5.41, 5.74) is 1.66. The molecule has 146 valence electrons. The minimum Gasteiger partial charge on any atom is -0.375 e. The Labute approximate surface area is 174 Å². The van der Waals surface area contributed by atoms with Crippen LogP contribution in [0.3, 0.4) is 0 Å². The first-order chi connectivity index (χ1) is 13.9. The van der Waals surface area contributed by atoms with Gasteiger partial charge in [-0.2, -0.15) is 0 Å². The molecular weight excluding hydrogens is 386 g/mol. The van der Waals surface area contributed by atoms with E-state index in [0.717, 1.165) is 11.1 Å². The summed E-state index contributed by atoms with van der Waals surface area (Å²) in [5, 5.41) is 11.9. The Morgan fingerprint density at radius 3 is 2.38 bits per heavy atom. The molecule has 1 atom stereocenters.